The number of piperazine rings is 1. The second-order valence-electron chi connectivity index (χ2n) is 4.70. The number of nitrogens with zero attached hydrogens (tertiary/aromatic N) is 2. The second kappa shape index (κ2) is 7.09. The van der Waals surface area contributed by atoms with Crippen LogP contribution in [0, 0.1) is 0 Å². The summed E-state index contributed by atoms with van der Waals surface area (Å²) in [6.07, 6.45) is -0.249. The summed E-state index contributed by atoms with van der Waals surface area (Å²) in [4.78, 5) is 16.0. The Bertz CT molecular complexity index is 545. The molecule has 1 saturated heterocycles. The molecule has 1 heterocycles. The highest BCUT2D eigenvalue weighted by molar-refractivity contribution is 9.10. The Morgan fingerprint density at radius 2 is 2.05 bits per heavy atom. The maximum atomic E-state index is 11.7. The smallest absolute Gasteiger partial charge is 0.409 e. The summed E-state index contributed by atoms with van der Waals surface area (Å²) in [5.74, 6) is 0. The molecule has 1 aromatic rings. The summed E-state index contributed by atoms with van der Waals surface area (Å²) in [5.41, 5.74) is 7.65. The van der Waals surface area contributed by atoms with Crippen molar-refractivity contribution in [2.75, 3.05) is 37.7 Å². The third-order valence-corrected chi connectivity index (χ3v) is 4.08. The van der Waals surface area contributed by atoms with Crippen LogP contribution in [-0.4, -0.2) is 48.8 Å². The maximum Gasteiger partial charge on any atom is 0.409 e. The van der Waals surface area contributed by atoms with Gasteiger partial charge in [-0.2, -0.15) is 0 Å². The molecule has 0 unspecified atom stereocenters. The fourth-order valence-corrected chi connectivity index (χ4v) is 2.84. The molecule has 0 spiro atoms. The van der Waals surface area contributed by atoms with Crippen molar-refractivity contribution in [2.24, 2.45) is 5.73 Å². The number of carbonyl (C=O) groups excluding carboxylic acids is 1. The number of carbonyl (C=O) groups is 1. The second-order valence-corrected chi connectivity index (χ2v) is 6.05. The van der Waals surface area contributed by atoms with Crippen molar-refractivity contribution in [1.29, 1.82) is 0 Å². The molecular formula is C14H18BrN3O2S. The van der Waals surface area contributed by atoms with Crippen LogP contribution in [0.2, 0.25) is 0 Å². The zero-order chi connectivity index (χ0) is 15.4. The molecule has 1 aromatic carbocycles. The molecule has 1 fully saturated rings. The average molecular weight is 372 g/mol. The van der Waals surface area contributed by atoms with Crippen LogP contribution in [0.3, 0.4) is 0 Å². The summed E-state index contributed by atoms with van der Waals surface area (Å²) >= 11 is 8.59. The topological polar surface area (TPSA) is 58.8 Å². The van der Waals surface area contributed by atoms with E-state index in [-0.39, 0.29) is 6.09 Å². The Hall–Kier alpha value is -1.34. The summed E-state index contributed by atoms with van der Waals surface area (Å²) in [6.45, 7) is 4.92. The first kappa shape index (κ1) is 16.0. The molecule has 21 heavy (non-hydrogen) atoms. The molecule has 1 amide bonds. The van der Waals surface area contributed by atoms with Crippen LogP contribution in [0.4, 0.5) is 10.5 Å². The standard InChI is InChI=1S/C14H18BrN3O2S/c1-2-20-14(19)18-7-5-17(6-8-18)12-9-10(15)3-4-11(12)13(16)21/h3-4,9H,2,5-8H2,1H3,(H2,16,21). The van der Waals surface area contributed by atoms with Gasteiger partial charge in [0, 0.05) is 41.9 Å². The number of benzene rings is 1. The number of rotatable bonds is 3. The number of nitrogens with two attached hydrogens (primary N) is 1. The number of thiocarbonyl (C=S) groups is 1. The van der Waals surface area contributed by atoms with Gasteiger partial charge in [-0.1, -0.05) is 28.1 Å². The van der Waals surface area contributed by atoms with Crippen LogP contribution >= 0.6 is 28.1 Å². The first-order valence-electron chi connectivity index (χ1n) is 6.79. The molecule has 0 saturated carbocycles. The molecule has 2 N–H and O–H groups in total. The molecule has 0 bridgehead atoms. The molecular weight excluding hydrogens is 354 g/mol. The highest BCUT2D eigenvalue weighted by Gasteiger charge is 2.23. The van der Waals surface area contributed by atoms with Crippen molar-refractivity contribution in [1.82, 2.24) is 4.90 Å². The van der Waals surface area contributed by atoms with Crippen molar-refractivity contribution in [2.45, 2.75) is 6.92 Å². The normalized spacial score (nSPS) is 15.0. The fourth-order valence-electron chi connectivity index (χ4n) is 2.32. The van der Waals surface area contributed by atoms with Crippen molar-refractivity contribution < 1.29 is 9.53 Å². The number of hydrogen-bond acceptors (Lipinski definition) is 4. The highest BCUT2D eigenvalue weighted by Crippen LogP contribution is 2.26. The summed E-state index contributed by atoms with van der Waals surface area (Å²) in [5, 5.41) is 0. The Labute approximate surface area is 138 Å². The van der Waals surface area contributed by atoms with Gasteiger partial charge in [-0.3, -0.25) is 0 Å². The van der Waals surface area contributed by atoms with Gasteiger partial charge in [0.05, 0.1) is 6.61 Å². The van der Waals surface area contributed by atoms with E-state index >= 15 is 0 Å². The van der Waals surface area contributed by atoms with E-state index in [9.17, 15) is 4.79 Å². The summed E-state index contributed by atoms with van der Waals surface area (Å²) in [6, 6.07) is 5.85. The molecule has 0 aromatic heterocycles. The van der Waals surface area contributed by atoms with Gasteiger partial charge in [0.25, 0.3) is 0 Å². The Kier molecular flexibility index (Phi) is 5.41. The van der Waals surface area contributed by atoms with Crippen LogP contribution in [0.1, 0.15) is 12.5 Å². The number of amides is 1. The van der Waals surface area contributed by atoms with Gasteiger partial charge in [-0.05, 0) is 25.1 Å². The minimum absolute atomic E-state index is 0.249. The van der Waals surface area contributed by atoms with E-state index < -0.39 is 0 Å². The molecule has 114 valence electrons. The monoisotopic (exact) mass is 371 g/mol. The molecule has 0 atom stereocenters. The highest BCUT2D eigenvalue weighted by atomic mass is 79.9. The largest absolute Gasteiger partial charge is 0.450 e. The number of ether oxygens (including phenoxy) is 1. The molecule has 0 radical (unpaired) electrons. The van der Waals surface area contributed by atoms with E-state index in [2.05, 4.69) is 20.8 Å². The molecule has 5 nitrogen and oxygen atoms in total. The summed E-state index contributed by atoms with van der Waals surface area (Å²) < 4.78 is 6.00. The van der Waals surface area contributed by atoms with Crippen LogP contribution in [0.15, 0.2) is 22.7 Å². The van der Waals surface area contributed by atoms with Gasteiger partial charge in [0.2, 0.25) is 0 Å². The predicted octanol–water partition coefficient (Wildman–Crippen LogP) is 2.36. The Morgan fingerprint density at radius 3 is 2.62 bits per heavy atom. The Balaban J connectivity index is 2.10. The molecule has 2 rings (SSSR count). The zero-order valence-corrected chi connectivity index (χ0v) is 14.2. The van der Waals surface area contributed by atoms with Gasteiger partial charge < -0.3 is 20.3 Å². The minimum atomic E-state index is -0.249. The minimum Gasteiger partial charge on any atom is -0.450 e. The van der Waals surface area contributed by atoms with Gasteiger partial charge >= 0.3 is 6.09 Å². The van der Waals surface area contributed by atoms with E-state index in [1.54, 1.807) is 4.90 Å². The van der Waals surface area contributed by atoms with E-state index in [1.165, 1.54) is 0 Å². The lowest BCUT2D eigenvalue weighted by atomic mass is 10.1. The predicted molar refractivity (Wildman–Crippen MR) is 90.8 cm³/mol. The lowest BCUT2D eigenvalue weighted by molar-refractivity contribution is 0.105. The van der Waals surface area contributed by atoms with Crippen molar-refractivity contribution in [3.8, 4) is 0 Å². The van der Waals surface area contributed by atoms with E-state index in [0.29, 0.717) is 24.7 Å². The number of anilines is 1. The third-order valence-electron chi connectivity index (χ3n) is 3.37. The SMILES string of the molecule is CCOC(=O)N1CCN(c2cc(Br)ccc2C(N)=S)CC1. The van der Waals surface area contributed by atoms with Crippen LogP contribution in [0.5, 0.6) is 0 Å². The van der Waals surface area contributed by atoms with E-state index in [1.807, 2.05) is 25.1 Å². The number of halogens is 1. The lowest BCUT2D eigenvalue weighted by Crippen LogP contribution is -2.49. The van der Waals surface area contributed by atoms with Gasteiger partial charge in [-0.25, -0.2) is 4.79 Å². The maximum absolute atomic E-state index is 11.7. The van der Waals surface area contributed by atoms with Crippen molar-refractivity contribution in [3.63, 3.8) is 0 Å². The lowest BCUT2D eigenvalue weighted by Gasteiger charge is -2.36. The first-order chi connectivity index (χ1) is 10.0. The van der Waals surface area contributed by atoms with Crippen LogP contribution in [-0.2, 0) is 4.74 Å². The average Bonchev–Trinajstić information content (AvgIpc) is 2.47. The van der Waals surface area contributed by atoms with Crippen molar-refractivity contribution in [3.05, 3.63) is 28.2 Å². The van der Waals surface area contributed by atoms with Crippen LogP contribution < -0.4 is 10.6 Å². The summed E-state index contributed by atoms with van der Waals surface area (Å²) in [7, 11) is 0. The fraction of sp³-hybridized carbons (Fsp3) is 0.429. The van der Waals surface area contributed by atoms with Crippen molar-refractivity contribution >= 4 is 44.9 Å². The van der Waals surface area contributed by atoms with Gasteiger partial charge in [0.15, 0.2) is 0 Å². The molecule has 7 heteroatoms. The Morgan fingerprint density at radius 1 is 1.38 bits per heavy atom. The molecule has 0 aliphatic carbocycles. The first-order valence-corrected chi connectivity index (χ1v) is 7.99. The molecule has 1 aliphatic heterocycles. The van der Waals surface area contributed by atoms with Crippen LogP contribution in [0.25, 0.3) is 0 Å². The third kappa shape index (κ3) is 3.85. The van der Waals surface area contributed by atoms with Gasteiger partial charge in [0.1, 0.15) is 4.99 Å². The quantitative estimate of drug-likeness (QED) is 0.826. The van der Waals surface area contributed by atoms with E-state index in [0.717, 1.165) is 28.8 Å². The van der Waals surface area contributed by atoms with E-state index in [4.69, 9.17) is 22.7 Å². The zero-order valence-electron chi connectivity index (χ0n) is 11.8. The molecule has 1 aliphatic rings. The number of hydrogen-bond donors (Lipinski definition) is 1. The van der Waals surface area contributed by atoms with Gasteiger partial charge in [-0.15, -0.1) is 0 Å².